The van der Waals surface area contributed by atoms with Crippen molar-refractivity contribution in [1.82, 2.24) is 4.98 Å². The zero-order chi connectivity index (χ0) is 15.9. The van der Waals surface area contributed by atoms with Crippen LogP contribution in [0, 0.1) is 5.92 Å². The summed E-state index contributed by atoms with van der Waals surface area (Å²) in [6, 6.07) is 1.93. The minimum atomic E-state index is -4.40. The van der Waals surface area contributed by atoms with E-state index in [0.29, 0.717) is 12.5 Å². The Kier molecular flexibility index (Phi) is 6.78. The Labute approximate surface area is 123 Å². The van der Waals surface area contributed by atoms with Gasteiger partial charge in [0.2, 0.25) is 5.88 Å². The Hall–Kier alpha value is -1.46. The van der Waals surface area contributed by atoms with Crippen molar-refractivity contribution in [3.8, 4) is 5.88 Å². The summed E-state index contributed by atoms with van der Waals surface area (Å²) < 4.78 is 43.9. The minimum absolute atomic E-state index is 0.0177. The second kappa shape index (κ2) is 8.10. The molecular weight excluding hydrogens is 281 g/mol. The van der Waals surface area contributed by atoms with Gasteiger partial charge in [0, 0.05) is 13.1 Å². The first-order valence-corrected chi connectivity index (χ1v) is 7.30. The molecular formula is C15H23F3N2O. The molecule has 0 aromatic carbocycles. The van der Waals surface area contributed by atoms with Crippen LogP contribution in [0.25, 0.3) is 0 Å². The monoisotopic (exact) mass is 304 g/mol. The predicted octanol–water partition coefficient (Wildman–Crippen LogP) is 4.74. The number of anilines is 1. The van der Waals surface area contributed by atoms with Gasteiger partial charge in [-0.2, -0.15) is 18.2 Å². The fourth-order valence-electron chi connectivity index (χ4n) is 1.97. The van der Waals surface area contributed by atoms with Crippen LogP contribution in [0.4, 0.5) is 19.0 Å². The Morgan fingerprint density at radius 2 is 2.00 bits per heavy atom. The number of halogens is 3. The minimum Gasteiger partial charge on any atom is -0.477 e. The van der Waals surface area contributed by atoms with Crippen LogP contribution in [-0.4, -0.2) is 18.6 Å². The molecule has 1 atom stereocenters. The SMILES string of the molecule is CCCCC(CC)COc1cc(C(F)(F)F)cc(NC)n1. The molecule has 0 saturated carbocycles. The molecule has 0 saturated heterocycles. The van der Waals surface area contributed by atoms with Gasteiger partial charge in [-0.3, -0.25) is 0 Å². The van der Waals surface area contributed by atoms with E-state index < -0.39 is 11.7 Å². The number of pyridine rings is 1. The summed E-state index contributed by atoms with van der Waals surface area (Å²) in [5.74, 6) is 0.518. The smallest absolute Gasteiger partial charge is 0.416 e. The van der Waals surface area contributed by atoms with Crippen LogP contribution in [0.3, 0.4) is 0 Å². The molecule has 6 heteroatoms. The second-order valence-corrected chi connectivity index (χ2v) is 5.05. The average Bonchev–Trinajstić information content (AvgIpc) is 2.46. The van der Waals surface area contributed by atoms with Crippen LogP contribution in [0.1, 0.15) is 45.1 Å². The van der Waals surface area contributed by atoms with Crippen molar-refractivity contribution in [3.05, 3.63) is 17.7 Å². The van der Waals surface area contributed by atoms with E-state index in [0.717, 1.165) is 37.8 Å². The number of hydrogen-bond acceptors (Lipinski definition) is 3. The third-order valence-corrected chi connectivity index (χ3v) is 3.40. The number of ether oxygens (including phenoxy) is 1. The number of rotatable bonds is 8. The Balaban J connectivity index is 2.78. The van der Waals surface area contributed by atoms with Gasteiger partial charge in [0.15, 0.2) is 0 Å². The first-order valence-electron chi connectivity index (χ1n) is 7.30. The molecule has 0 aliphatic carbocycles. The van der Waals surface area contributed by atoms with Crippen LogP contribution in [-0.2, 0) is 6.18 Å². The molecule has 21 heavy (non-hydrogen) atoms. The van der Waals surface area contributed by atoms with Gasteiger partial charge >= 0.3 is 6.18 Å². The first-order chi connectivity index (χ1) is 9.90. The molecule has 1 aromatic rings. The zero-order valence-corrected chi connectivity index (χ0v) is 12.8. The highest BCUT2D eigenvalue weighted by molar-refractivity contribution is 5.42. The maximum Gasteiger partial charge on any atom is 0.416 e. The van der Waals surface area contributed by atoms with E-state index in [1.54, 1.807) is 0 Å². The summed E-state index contributed by atoms with van der Waals surface area (Å²) in [5, 5.41) is 2.62. The number of unbranched alkanes of at least 4 members (excludes halogenated alkanes) is 1. The van der Waals surface area contributed by atoms with E-state index >= 15 is 0 Å². The average molecular weight is 304 g/mol. The van der Waals surface area contributed by atoms with Crippen LogP contribution in [0.2, 0.25) is 0 Å². The van der Waals surface area contributed by atoms with Gasteiger partial charge in [-0.05, 0) is 18.4 Å². The third kappa shape index (κ3) is 5.81. The molecule has 1 unspecified atom stereocenters. The van der Waals surface area contributed by atoms with Crippen molar-refractivity contribution in [2.75, 3.05) is 19.0 Å². The van der Waals surface area contributed by atoms with E-state index in [9.17, 15) is 13.2 Å². The van der Waals surface area contributed by atoms with E-state index in [4.69, 9.17) is 4.74 Å². The summed E-state index contributed by atoms with van der Waals surface area (Å²) in [5.41, 5.74) is -0.751. The van der Waals surface area contributed by atoms with Gasteiger partial charge in [-0.15, -0.1) is 0 Å². The molecule has 1 heterocycles. The molecule has 0 fully saturated rings. The maximum atomic E-state index is 12.8. The van der Waals surface area contributed by atoms with Crippen LogP contribution in [0.15, 0.2) is 12.1 Å². The standard InChI is InChI=1S/C15H23F3N2O/c1-4-6-7-11(5-2)10-21-14-9-12(15(16,17)18)8-13(19-3)20-14/h8-9,11H,4-7,10H2,1-3H3,(H,19,20). The highest BCUT2D eigenvalue weighted by Gasteiger charge is 2.32. The lowest BCUT2D eigenvalue weighted by Gasteiger charge is -2.16. The molecule has 0 aliphatic rings. The number of hydrogen-bond donors (Lipinski definition) is 1. The number of aromatic nitrogens is 1. The largest absolute Gasteiger partial charge is 0.477 e. The fraction of sp³-hybridized carbons (Fsp3) is 0.667. The number of alkyl halides is 3. The van der Waals surface area contributed by atoms with Gasteiger partial charge in [-0.1, -0.05) is 33.1 Å². The van der Waals surface area contributed by atoms with Gasteiger partial charge in [0.1, 0.15) is 5.82 Å². The van der Waals surface area contributed by atoms with E-state index in [2.05, 4.69) is 24.1 Å². The highest BCUT2D eigenvalue weighted by Crippen LogP contribution is 2.32. The topological polar surface area (TPSA) is 34.1 Å². The second-order valence-electron chi connectivity index (χ2n) is 5.05. The molecule has 3 nitrogen and oxygen atoms in total. The number of nitrogens with one attached hydrogen (secondary N) is 1. The lowest BCUT2D eigenvalue weighted by Crippen LogP contribution is -2.13. The van der Waals surface area contributed by atoms with Crippen molar-refractivity contribution in [2.24, 2.45) is 5.92 Å². The molecule has 0 aliphatic heterocycles. The first kappa shape index (κ1) is 17.6. The quantitative estimate of drug-likeness (QED) is 0.753. The molecule has 0 amide bonds. The lowest BCUT2D eigenvalue weighted by atomic mass is 10.0. The molecule has 1 aromatic heterocycles. The number of nitrogens with zero attached hydrogens (tertiary/aromatic N) is 1. The molecule has 0 radical (unpaired) electrons. The van der Waals surface area contributed by atoms with Crippen molar-refractivity contribution < 1.29 is 17.9 Å². The Bertz CT molecular complexity index is 435. The zero-order valence-electron chi connectivity index (χ0n) is 12.8. The van der Waals surface area contributed by atoms with Gasteiger partial charge in [0.25, 0.3) is 0 Å². The van der Waals surface area contributed by atoms with E-state index in [-0.39, 0.29) is 11.7 Å². The van der Waals surface area contributed by atoms with Gasteiger partial charge in [-0.25, -0.2) is 0 Å². The summed E-state index contributed by atoms with van der Waals surface area (Å²) in [6.45, 7) is 4.57. The highest BCUT2D eigenvalue weighted by atomic mass is 19.4. The van der Waals surface area contributed by atoms with E-state index in [1.807, 2.05) is 0 Å². The summed E-state index contributed by atoms with van der Waals surface area (Å²) in [7, 11) is 1.53. The lowest BCUT2D eigenvalue weighted by molar-refractivity contribution is -0.137. The van der Waals surface area contributed by atoms with Crippen molar-refractivity contribution in [3.63, 3.8) is 0 Å². The molecule has 1 rings (SSSR count). The normalized spacial score (nSPS) is 13.0. The summed E-state index contributed by atoms with van der Waals surface area (Å²) >= 11 is 0. The van der Waals surface area contributed by atoms with Crippen molar-refractivity contribution in [2.45, 2.75) is 45.7 Å². The molecule has 0 spiro atoms. The Morgan fingerprint density at radius 1 is 1.29 bits per heavy atom. The molecule has 120 valence electrons. The van der Waals surface area contributed by atoms with Crippen molar-refractivity contribution in [1.29, 1.82) is 0 Å². The maximum absolute atomic E-state index is 12.8. The molecule has 1 N–H and O–H groups in total. The third-order valence-electron chi connectivity index (χ3n) is 3.40. The van der Waals surface area contributed by atoms with Gasteiger partial charge < -0.3 is 10.1 Å². The predicted molar refractivity (Wildman–Crippen MR) is 77.6 cm³/mol. The summed E-state index contributed by atoms with van der Waals surface area (Å²) in [6.07, 6.45) is -0.246. The van der Waals surface area contributed by atoms with E-state index in [1.165, 1.54) is 7.05 Å². The van der Waals surface area contributed by atoms with Gasteiger partial charge in [0.05, 0.1) is 12.2 Å². The fourth-order valence-corrected chi connectivity index (χ4v) is 1.97. The molecule has 0 bridgehead atoms. The van der Waals surface area contributed by atoms with Crippen molar-refractivity contribution >= 4 is 5.82 Å². The Morgan fingerprint density at radius 3 is 2.52 bits per heavy atom. The van der Waals surface area contributed by atoms with Crippen LogP contribution >= 0.6 is 0 Å². The van der Waals surface area contributed by atoms with Crippen LogP contribution < -0.4 is 10.1 Å². The van der Waals surface area contributed by atoms with Crippen LogP contribution in [0.5, 0.6) is 5.88 Å². The summed E-state index contributed by atoms with van der Waals surface area (Å²) in [4.78, 5) is 4.02.